The molecule has 1 fully saturated rings. The van der Waals surface area contributed by atoms with Gasteiger partial charge in [-0.2, -0.15) is 9.78 Å². The molecule has 1 aliphatic rings. The van der Waals surface area contributed by atoms with Crippen LogP contribution in [0.3, 0.4) is 0 Å². The lowest BCUT2D eigenvalue weighted by Gasteiger charge is -2.39. The summed E-state index contributed by atoms with van der Waals surface area (Å²) in [5.74, 6) is 0.480. The summed E-state index contributed by atoms with van der Waals surface area (Å²) in [6.45, 7) is 3.47. The second-order valence-corrected chi connectivity index (χ2v) is 8.01. The van der Waals surface area contributed by atoms with Gasteiger partial charge in [0.25, 0.3) is 5.91 Å². The number of aryl methyl sites for hydroxylation is 1. The molecule has 3 N–H and O–H groups in total. The van der Waals surface area contributed by atoms with E-state index in [1.807, 2.05) is 37.4 Å². The number of benzene rings is 2. The van der Waals surface area contributed by atoms with Crippen LogP contribution in [0.1, 0.15) is 34.6 Å². The van der Waals surface area contributed by atoms with E-state index in [4.69, 9.17) is 0 Å². The number of carbonyl (C=O) groups excluding carboxylic acids is 1. The van der Waals surface area contributed by atoms with Gasteiger partial charge in [-0.25, -0.2) is 0 Å². The van der Waals surface area contributed by atoms with Gasteiger partial charge >= 0.3 is 0 Å². The van der Waals surface area contributed by atoms with Crippen molar-refractivity contribution in [3.8, 4) is 16.8 Å². The maximum atomic E-state index is 13.5. The van der Waals surface area contributed by atoms with Gasteiger partial charge in [0.05, 0.1) is 23.0 Å². The third kappa shape index (κ3) is 3.67. The average Bonchev–Trinajstić information content (AvgIpc) is 3.52. The predicted octanol–water partition coefficient (Wildman–Crippen LogP) is 2.37. The topological polar surface area (TPSA) is 113 Å². The predicted molar refractivity (Wildman–Crippen MR) is 119 cm³/mol. The van der Waals surface area contributed by atoms with E-state index < -0.39 is 5.54 Å². The summed E-state index contributed by atoms with van der Waals surface area (Å²) in [6, 6.07) is 15.8. The number of piperidine rings is 1. The molecule has 1 amide bonds. The molecule has 32 heavy (non-hydrogen) atoms. The Balaban J connectivity index is 1.48. The van der Waals surface area contributed by atoms with Gasteiger partial charge < -0.3 is 10.6 Å². The number of nitrogens with one attached hydrogen (secondary N) is 3. The second-order valence-electron chi connectivity index (χ2n) is 8.01. The molecular formula is C23H24N8O. The van der Waals surface area contributed by atoms with Crippen LogP contribution in [0.25, 0.3) is 16.8 Å². The zero-order valence-electron chi connectivity index (χ0n) is 17.7. The van der Waals surface area contributed by atoms with E-state index in [9.17, 15) is 4.79 Å². The highest BCUT2D eigenvalue weighted by molar-refractivity contribution is 5.98. The molecule has 0 radical (unpaired) electrons. The molecule has 2 aromatic heterocycles. The standard InChI is InChI=1S/C23H24N8O/c1-16-28-29-30-31(16)21-5-3-2-4-20(21)22(32)27-23(10-12-24-13-11-23)19-8-6-17(7-9-19)18-14-25-26-15-18/h2-9,14-15,24H,10-13H2,1H3,(H,25,26)(H,27,32). The van der Waals surface area contributed by atoms with Crippen LogP contribution in [0.15, 0.2) is 60.9 Å². The number of hydrogen-bond acceptors (Lipinski definition) is 6. The zero-order chi connectivity index (χ0) is 22.0. The van der Waals surface area contributed by atoms with Crippen molar-refractivity contribution in [2.75, 3.05) is 13.1 Å². The summed E-state index contributed by atoms with van der Waals surface area (Å²) in [4.78, 5) is 13.5. The minimum Gasteiger partial charge on any atom is -0.342 e. The Hall–Kier alpha value is -3.85. The largest absolute Gasteiger partial charge is 0.342 e. The van der Waals surface area contributed by atoms with Gasteiger partial charge in [0.2, 0.25) is 0 Å². The third-order valence-electron chi connectivity index (χ3n) is 6.08. The summed E-state index contributed by atoms with van der Waals surface area (Å²) in [5, 5.41) is 25.4. The van der Waals surface area contributed by atoms with Crippen molar-refractivity contribution in [1.29, 1.82) is 0 Å². The highest BCUT2D eigenvalue weighted by Gasteiger charge is 2.36. The van der Waals surface area contributed by atoms with Crippen LogP contribution in [0.2, 0.25) is 0 Å². The number of amides is 1. The van der Waals surface area contributed by atoms with Crippen molar-refractivity contribution in [2.45, 2.75) is 25.3 Å². The lowest BCUT2D eigenvalue weighted by Crippen LogP contribution is -2.52. The van der Waals surface area contributed by atoms with Crippen LogP contribution >= 0.6 is 0 Å². The van der Waals surface area contributed by atoms with Gasteiger partial charge in [-0.05, 0) is 66.5 Å². The van der Waals surface area contributed by atoms with Gasteiger partial charge in [0.1, 0.15) is 0 Å². The Morgan fingerprint density at radius 2 is 1.84 bits per heavy atom. The van der Waals surface area contributed by atoms with Gasteiger partial charge in [-0.1, -0.05) is 36.4 Å². The van der Waals surface area contributed by atoms with E-state index in [1.165, 1.54) is 0 Å². The first-order valence-corrected chi connectivity index (χ1v) is 10.6. The molecule has 9 heteroatoms. The number of para-hydroxylation sites is 1. The normalized spacial score (nSPS) is 15.4. The fraction of sp³-hybridized carbons (Fsp3) is 0.261. The monoisotopic (exact) mass is 428 g/mol. The van der Waals surface area contributed by atoms with Crippen molar-refractivity contribution in [3.63, 3.8) is 0 Å². The highest BCUT2D eigenvalue weighted by Crippen LogP contribution is 2.33. The van der Waals surface area contributed by atoms with Gasteiger partial charge in [-0.15, -0.1) is 5.10 Å². The molecule has 162 valence electrons. The molecule has 1 aliphatic heterocycles. The van der Waals surface area contributed by atoms with Crippen molar-refractivity contribution in [3.05, 3.63) is 77.9 Å². The second kappa shape index (κ2) is 8.35. The number of rotatable bonds is 5. The maximum Gasteiger partial charge on any atom is 0.254 e. The summed E-state index contributed by atoms with van der Waals surface area (Å²) in [5.41, 5.74) is 3.95. The van der Waals surface area contributed by atoms with Crippen molar-refractivity contribution < 1.29 is 4.79 Å². The van der Waals surface area contributed by atoms with Crippen molar-refractivity contribution >= 4 is 5.91 Å². The number of tetrazole rings is 1. The van der Waals surface area contributed by atoms with Crippen LogP contribution in [-0.4, -0.2) is 49.4 Å². The number of nitrogens with zero attached hydrogens (tertiary/aromatic N) is 5. The van der Waals surface area contributed by atoms with E-state index in [-0.39, 0.29) is 5.91 Å². The molecule has 1 saturated heterocycles. The number of aromatic amines is 1. The Morgan fingerprint density at radius 1 is 1.06 bits per heavy atom. The van der Waals surface area contributed by atoms with Crippen LogP contribution in [0, 0.1) is 6.92 Å². The molecule has 4 aromatic rings. The summed E-state index contributed by atoms with van der Waals surface area (Å²) >= 11 is 0. The zero-order valence-corrected chi connectivity index (χ0v) is 17.7. The lowest BCUT2D eigenvalue weighted by molar-refractivity contribution is 0.0872. The van der Waals surface area contributed by atoms with Crippen LogP contribution < -0.4 is 10.6 Å². The molecule has 9 nitrogen and oxygen atoms in total. The van der Waals surface area contributed by atoms with Crippen molar-refractivity contribution in [2.24, 2.45) is 0 Å². The third-order valence-corrected chi connectivity index (χ3v) is 6.08. The lowest BCUT2D eigenvalue weighted by atomic mass is 9.80. The molecule has 0 aliphatic carbocycles. The molecule has 2 aromatic carbocycles. The van der Waals surface area contributed by atoms with Gasteiger partial charge in [0.15, 0.2) is 5.82 Å². The molecule has 0 spiro atoms. The van der Waals surface area contributed by atoms with Crippen LogP contribution in [-0.2, 0) is 5.54 Å². The quantitative estimate of drug-likeness (QED) is 0.450. The maximum absolute atomic E-state index is 13.5. The molecule has 0 atom stereocenters. The Bertz CT molecular complexity index is 1210. The van der Waals surface area contributed by atoms with E-state index in [2.05, 4.69) is 60.6 Å². The fourth-order valence-corrected chi connectivity index (χ4v) is 4.32. The molecule has 3 heterocycles. The highest BCUT2D eigenvalue weighted by atomic mass is 16.1. The van der Waals surface area contributed by atoms with Gasteiger partial charge in [0, 0.05) is 11.8 Å². The van der Waals surface area contributed by atoms with E-state index in [0.717, 1.165) is 42.6 Å². The van der Waals surface area contributed by atoms with Crippen LogP contribution in [0.4, 0.5) is 0 Å². The SMILES string of the molecule is Cc1nnnn1-c1ccccc1C(=O)NC1(c2ccc(-c3cn[nH]c3)cc2)CCNCC1. The summed E-state index contributed by atoms with van der Waals surface area (Å²) in [7, 11) is 0. The Kier molecular flexibility index (Phi) is 5.24. The van der Waals surface area contributed by atoms with E-state index >= 15 is 0 Å². The molecular weight excluding hydrogens is 404 g/mol. The minimum atomic E-state index is -0.458. The molecule has 0 bridgehead atoms. The molecule has 0 unspecified atom stereocenters. The first-order chi connectivity index (χ1) is 15.7. The van der Waals surface area contributed by atoms with Crippen molar-refractivity contribution in [1.82, 2.24) is 41.0 Å². The van der Waals surface area contributed by atoms with Gasteiger partial charge in [-0.3, -0.25) is 9.89 Å². The number of carbonyl (C=O) groups is 1. The first-order valence-electron chi connectivity index (χ1n) is 10.6. The molecule has 0 saturated carbocycles. The number of aromatic nitrogens is 6. The summed E-state index contributed by atoms with van der Waals surface area (Å²) < 4.78 is 1.59. The van der Waals surface area contributed by atoms with Crippen LogP contribution in [0.5, 0.6) is 0 Å². The Labute approximate surface area is 185 Å². The van der Waals surface area contributed by atoms with E-state index in [1.54, 1.807) is 10.9 Å². The number of hydrogen-bond donors (Lipinski definition) is 3. The smallest absolute Gasteiger partial charge is 0.254 e. The minimum absolute atomic E-state index is 0.142. The first kappa shape index (κ1) is 20.1. The fourth-order valence-electron chi connectivity index (χ4n) is 4.32. The summed E-state index contributed by atoms with van der Waals surface area (Å²) in [6.07, 6.45) is 5.27. The average molecular weight is 429 g/mol. The van der Waals surface area contributed by atoms with E-state index in [0.29, 0.717) is 17.1 Å². The molecule has 5 rings (SSSR count). The Morgan fingerprint density at radius 3 is 2.53 bits per heavy atom. The number of H-pyrrole nitrogens is 1.